The third kappa shape index (κ3) is 5.44. The molecule has 6 heteroatoms. The summed E-state index contributed by atoms with van der Waals surface area (Å²) in [5.41, 5.74) is 1.10. The Bertz CT molecular complexity index is 708. The summed E-state index contributed by atoms with van der Waals surface area (Å²) in [7, 11) is 1.87. The number of likely N-dealkylation sites (N-methyl/N-ethyl adjacent to an activating group) is 1. The maximum atomic E-state index is 13.2. The number of carbonyl (C=O) groups is 1. The van der Waals surface area contributed by atoms with Crippen molar-refractivity contribution in [2.45, 2.75) is 46.3 Å². The number of nitrogens with zero attached hydrogens (tertiary/aromatic N) is 2. The minimum Gasteiger partial charge on any atom is -0.472 e. The second-order valence-corrected chi connectivity index (χ2v) is 7.66. The Balaban J connectivity index is 2.44. The van der Waals surface area contributed by atoms with E-state index in [9.17, 15) is 9.90 Å². The summed E-state index contributed by atoms with van der Waals surface area (Å²) in [6, 6.07) is 1.47. The molecule has 27 heavy (non-hydrogen) atoms. The molecule has 1 aromatic heterocycles. The predicted molar refractivity (Wildman–Crippen MR) is 106 cm³/mol. The van der Waals surface area contributed by atoms with E-state index in [2.05, 4.69) is 36.0 Å². The lowest BCUT2D eigenvalue weighted by molar-refractivity contribution is 0.0404. The van der Waals surface area contributed by atoms with Crippen molar-refractivity contribution in [3.8, 4) is 17.7 Å². The lowest BCUT2D eigenvalue weighted by Gasteiger charge is -2.36. The molecule has 1 aliphatic heterocycles. The average Bonchev–Trinajstić information content (AvgIpc) is 2.64. The Labute approximate surface area is 162 Å². The van der Waals surface area contributed by atoms with Gasteiger partial charge in [0.2, 0.25) is 5.88 Å². The van der Waals surface area contributed by atoms with Crippen LogP contribution in [0.3, 0.4) is 0 Å². The van der Waals surface area contributed by atoms with Crippen LogP contribution in [0.15, 0.2) is 12.3 Å². The Kier molecular flexibility index (Phi) is 7.64. The molecule has 6 nitrogen and oxygen atoms in total. The molecule has 1 aromatic rings. The van der Waals surface area contributed by atoms with Gasteiger partial charge in [0.1, 0.15) is 11.7 Å². The smallest absolute Gasteiger partial charge is 0.259 e. The van der Waals surface area contributed by atoms with Crippen LogP contribution >= 0.6 is 0 Å². The highest BCUT2D eigenvalue weighted by atomic mass is 16.5. The van der Waals surface area contributed by atoms with Gasteiger partial charge in [-0.05, 0) is 26.0 Å². The van der Waals surface area contributed by atoms with Crippen LogP contribution in [0.4, 0.5) is 0 Å². The lowest BCUT2D eigenvalue weighted by atomic mass is 10.0. The van der Waals surface area contributed by atoms with E-state index < -0.39 is 0 Å². The van der Waals surface area contributed by atoms with Gasteiger partial charge in [-0.25, -0.2) is 4.98 Å². The first kappa shape index (κ1) is 21.2. The second-order valence-electron chi connectivity index (χ2n) is 7.66. The van der Waals surface area contributed by atoms with Crippen LogP contribution in [-0.2, 0) is 0 Å². The molecule has 0 aromatic carbocycles. The summed E-state index contributed by atoms with van der Waals surface area (Å²) < 4.78 is 6.09. The Morgan fingerprint density at radius 1 is 1.44 bits per heavy atom. The molecule has 0 bridgehead atoms. The number of pyridine rings is 1. The first-order chi connectivity index (χ1) is 12.9. The van der Waals surface area contributed by atoms with Gasteiger partial charge in [0.25, 0.3) is 5.91 Å². The molecule has 2 N–H and O–H groups in total. The second kappa shape index (κ2) is 9.72. The third-order valence-electron chi connectivity index (χ3n) is 4.67. The van der Waals surface area contributed by atoms with E-state index in [0.29, 0.717) is 36.0 Å². The van der Waals surface area contributed by atoms with Crippen molar-refractivity contribution in [3.63, 3.8) is 0 Å². The fourth-order valence-electron chi connectivity index (χ4n) is 2.97. The number of ether oxygens (including phenoxy) is 1. The summed E-state index contributed by atoms with van der Waals surface area (Å²) >= 11 is 0. The van der Waals surface area contributed by atoms with E-state index in [-0.39, 0.29) is 30.6 Å². The van der Waals surface area contributed by atoms with Gasteiger partial charge < -0.3 is 20.1 Å². The fourth-order valence-corrected chi connectivity index (χ4v) is 2.97. The number of aliphatic hydroxyl groups excluding tert-OH is 1. The number of carbonyl (C=O) groups excluding carboxylic acids is 1. The zero-order chi connectivity index (χ0) is 20.0. The topological polar surface area (TPSA) is 74.7 Å². The zero-order valence-corrected chi connectivity index (χ0v) is 17.0. The highest BCUT2D eigenvalue weighted by molar-refractivity contribution is 5.97. The fraction of sp³-hybridized carbons (Fsp3) is 0.619. The first-order valence-electron chi connectivity index (χ1n) is 9.59. The van der Waals surface area contributed by atoms with E-state index in [4.69, 9.17) is 4.74 Å². The minimum absolute atomic E-state index is 0.0906. The molecule has 0 saturated carbocycles. The SMILES string of the molecule is CNC[C@H]1Oc2ncc(C#CCC(C)C)cc2C(=O)N([C@H](C)CO)C[C@H]1C. The minimum atomic E-state index is -0.281. The van der Waals surface area contributed by atoms with Crippen molar-refractivity contribution in [2.75, 3.05) is 26.7 Å². The van der Waals surface area contributed by atoms with Gasteiger partial charge in [0.15, 0.2) is 0 Å². The highest BCUT2D eigenvalue weighted by Gasteiger charge is 2.33. The summed E-state index contributed by atoms with van der Waals surface area (Å²) in [5.74, 6) is 6.95. The van der Waals surface area contributed by atoms with E-state index in [1.54, 1.807) is 17.2 Å². The maximum Gasteiger partial charge on any atom is 0.259 e. The number of hydrogen-bond acceptors (Lipinski definition) is 5. The number of aromatic nitrogens is 1. The molecule has 0 aliphatic carbocycles. The molecule has 1 amide bonds. The Morgan fingerprint density at radius 2 is 2.19 bits per heavy atom. The van der Waals surface area contributed by atoms with E-state index in [0.717, 1.165) is 6.42 Å². The van der Waals surface area contributed by atoms with Crippen molar-refractivity contribution in [2.24, 2.45) is 11.8 Å². The highest BCUT2D eigenvalue weighted by Crippen LogP contribution is 2.26. The summed E-state index contributed by atoms with van der Waals surface area (Å²) in [6.45, 7) is 9.18. The lowest BCUT2D eigenvalue weighted by Crippen LogP contribution is -2.49. The van der Waals surface area contributed by atoms with Crippen molar-refractivity contribution < 1.29 is 14.6 Å². The van der Waals surface area contributed by atoms with E-state index in [1.165, 1.54) is 0 Å². The molecule has 2 rings (SSSR count). The quantitative estimate of drug-likeness (QED) is 0.772. The number of hydrogen-bond donors (Lipinski definition) is 2. The number of rotatable bonds is 5. The standard InChI is InChI=1S/C21H31N3O3/c1-14(2)7-6-8-17-9-18-20(23-10-17)27-19(11-22-5)15(3)12-24(21(18)26)16(4)13-25/h9-10,14-16,19,22,25H,7,11-13H2,1-5H3/t15-,16-,19-/m1/s1. The van der Waals surface area contributed by atoms with Gasteiger partial charge >= 0.3 is 0 Å². The summed E-state index contributed by atoms with van der Waals surface area (Å²) in [5, 5.41) is 12.8. The molecule has 148 valence electrons. The van der Waals surface area contributed by atoms with E-state index >= 15 is 0 Å². The van der Waals surface area contributed by atoms with Crippen molar-refractivity contribution in [3.05, 3.63) is 23.4 Å². The van der Waals surface area contributed by atoms with Gasteiger partial charge in [0.05, 0.1) is 12.6 Å². The molecule has 0 unspecified atom stereocenters. The number of aliphatic hydroxyl groups is 1. The number of fused-ring (bicyclic) bond motifs is 1. The van der Waals surface area contributed by atoms with Crippen LogP contribution in [0.25, 0.3) is 0 Å². The molecule has 1 aliphatic rings. The van der Waals surface area contributed by atoms with Gasteiger partial charge in [-0.3, -0.25) is 4.79 Å². The zero-order valence-electron chi connectivity index (χ0n) is 17.0. The Hall–Kier alpha value is -2.10. The first-order valence-corrected chi connectivity index (χ1v) is 9.59. The normalized spacial score (nSPS) is 20.9. The summed E-state index contributed by atoms with van der Waals surface area (Å²) in [6.07, 6.45) is 2.32. The molecular weight excluding hydrogens is 342 g/mol. The van der Waals surface area contributed by atoms with Crippen molar-refractivity contribution in [1.29, 1.82) is 0 Å². The van der Waals surface area contributed by atoms with Crippen LogP contribution < -0.4 is 10.1 Å². The van der Waals surface area contributed by atoms with Gasteiger partial charge in [-0.15, -0.1) is 0 Å². The monoisotopic (exact) mass is 373 g/mol. The van der Waals surface area contributed by atoms with Crippen LogP contribution in [0, 0.1) is 23.7 Å². The van der Waals surface area contributed by atoms with Gasteiger partial charge in [-0.2, -0.15) is 0 Å². The Morgan fingerprint density at radius 3 is 2.81 bits per heavy atom. The number of amides is 1. The van der Waals surface area contributed by atoms with E-state index in [1.807, 2.05) is 20.9 Å². The van der Waals surface area contributed by atoms with Gasteiger partial charge in [0, 0.05) is 37.2 Å². The van der Waals surface area contributed by atoms with Crippen LogP contribution in [-0.4, -0.2) is 59.8 Å². The van der Waals surface area contributed by atoms with Crippen molar-refractivity contribution >= 4 is 5.91 Å². The molecule has 3 atom stereocenters. The molecule has 0 saturated heterocycles. The average molecular weight is 373 g/mol. The molecule has 0 fully saturated rings. The van der Waals surface area contributed by atoms with Gasteiger partial charge in [-0.1, -0.05) is 32.6 Å². The molecular formula is C21H31N3O3. The number of nitrogens with one attached hydrogen (secondary N) is 1. The molecule has 2 heterocycles. The molecule has 0 radical (unpaired) electrons. The van der Waals surface area contributed by atoms with Crippen LogP contribution in [0.1, 0.15) is 50.0 Å². The molecule has 0 spiro atoms. The maximum absolute atomic E-state index is 13.2. The van der Waals surface area contributed by atoms with Crippen LogP contribution in [0.2, 0.25) is 0 Å². The summed E-state index contributed by atoms with van der Waals surface area (Å²) in [4.78, 5) is 19.3. The largest absolute Gasteiger partial charge is 0.472 e. The third-order valence-corrected chi connectivity index (χ3v) is 4.67. The van der Waals surface area contributed by atoms with Crippen molar-refractivity contribution in [1.82, 2.24) is 15.2 Å². The predicted octanol–water partition coefficient (Wildman–Crippen LogP) is 1.92. The van der Waals surface area contributed by atoms with Crippen LogP contribution in [0.5, 0.6) is 5.88 Å².